The third-order valence-electron chi connectivity index (χ3n) is 6.35. The number of morpholine rings is 1. The van der Waals surface area contributed by atoms with Crippen LogP contribution in [0.3, 0.4) is 0 Å². The molecular formula is C27H32N4O6. The van der Waals surface area contributed by atoms with Gasteiger partial charge >= 0.3 is 11.8 Å². The lowest BCUT2D eigenvalue weighted by Gasteiger charge is -2.38. The van der Waals surface area contributed by atoms with Gasteiger partial charge in [0.15, 0.2) is 12.2 Å². The van der Waals surface area contributed by atoms with Crippen LogP contribution in [0.25, 0.3) is 11.3 Å². The van der Waals surface area contributed by atoms with Gasteiger partial charge in [-0.2, -0.15) is 0 Å². The molecule has 0 spiro atoms. The molecule has 2 aromatic carbocycles. The number of nitrogens with two attached hydrogens (primary N) is 1. The van der Waals surface area contributed by atoms with Crippen LogP contribution < -0.4 is 25.0 Å². The zero-order valence-electron chi connectivity index (χ0n) is 21.3. The zero-order valence-corrected chi connectivity index (χ0v) is 21.3. The van der Waals surface area contributed by atoms with Crippen LogP contribution in [0.4, 0.5) is 11.4 Å². The molecule has 0 bridgehead atoms. The van der Waals surface area contributed by atoms with Crippen molar-refractivity contribution in [3.05, 3.63) is 55.1 Å². The zero-order chi connectivity index (χ0) is 26.4. The summed E-state index contributed by atoms with van der Waals surface area (Å²) < 4.78 is 22.6. The van der Waals surface area contributed by atoms with E-state index in [2.05, 4.69) is 9.88 Å². The molecule has 0 saturated carbocycles. The Balaban J connectivity index is 1.55. The van der Waals surface area contributed by atoms with E-state index in [1.165, 1.54) is 18.4 Å². The second kappa shape index (κ2) is 11.3. The normalized spacial score (nSPS) is 13.8. The average Bonchev–Trinajstić information content (AvgIpc) is 3.44. The third-order valence-corrected chi connectivity index (χ3v) is 6.35. The number of hydrogen-bond acceptors (Lipinski definition) is 8. The first kappa shape index (κ1) is 26.0. The second-order valence-corrected chi connectivity index (χ2v) is 9.23. The summed E-state index contributed by atoms with van der Waals surface area (Å²) in [4.78, 5) is 32.6. The minimum absolute atomic E-state index is 0.310. The van der Waals surface area contributed by atoms with Gasteiger partial charge in [0.2, 0.25) is 0 Å². The number of amides is 2. The van der Waals surface area contributed by atoms with Gasteiger partial charge in [0, 0.05) is 36.8 Å². The largest absolute Gasteiger partial charge is 0.496 e. The maximum Gasteiger partial charge on any atom is 0.316 e. The highest BCUT2D eigenvalue weighted by Crippen LogP contribution is 2.37. The molecule has 1 aromatic heterocycles. The molecule has 37 heavy (non-hydrogen) atoms. The molecule has 0 aliphatic carbocycles. The van der Waals surface area contributed by atoms with Crippen molar-refractivity contribution >= 4 is 23.2 Å². The van der Waals surface area contributed by atoms with Crippen LogP contribution in [-0.2, 0) is 14.3 Å². The number of nitrogens with zero attached hydrogens (tertiary/aromatic N) is 3. The Morgan fingerprint density at radius 2 is 1.89 bits per heavy atom. The second-order valence-electron chi connectivity index (χ2n) is 9.23. The van der Waals surface area contributed by atoms with E-state index in [9.17, 15) is 9.59 Å². The van der Waals surface area contributed by atoms with Crippen LogP contribution in [-0.4, -0.2) is 62.4 Å². The summed E-state index contributed by atoms with van der Waals surface area (Å²) in [5, 5.41) is 0. The molecule has 0 radical (unpaired) electrons. The number of benzene rings is 2. The van der Waals surface area contributed by atoms with Crippen molar-refractivity contribution in [3.63, 3.8) is 0 Å². The van der Waals surface area contributed by atoms with E-state index in [0.29, 0.717) is 49.0 Å². The van der Waals surface area contributed by atoms with Gasteiger partial charge in [0.25, 0.3) is 0 Å². The lowest BCUT2D eigenvalue weighted by atomic mass is 9.96. The molecule has 1 fully saturated rings. The molecule has 10 heteroatoms. The van der Waals surface area contributed by atoms with E-state index >= 15 is 0 Å². The Labute approximate surface area is 215 Å². The number of methoxy groups -OCH3 is 1. The fourth-order valence-corrected chi connectivity index (χ4v) is 4.39. The fraction of sp³-hybridized carbons (Fsp3) is 0.370. The number of carbonyl (C=O) groups excluding carboxylic acids is 2. The molecule has 0 unspecified atom stereocenters. The minimum atomic E-state index is -1.05. The molecule has 3 aromatic rings. The predicted octanol–water partition coefficient (Wildman–Crippen LogP) is 3.25. The molecule has 1 aliphatic rings. The summed E-state index contributed by atoms with van der Waals surface area (Å²) >= 11 is 0. The van der Waals surface area contributed by atoms with Crippen LogP contribution in [0.5, 0.6) is 11.5 Å². The number of carbonyl (C=O) groups is 2. The predicted molar refractivity (Wildman–Crippen MR) is 139 cm³/mol. The summed E-state index contributed by atoms with van der Waals surface area (Å²) in [7, 11) is 1.52. The highest BCUT2D eigenvalue weighted by atomic mass is 16.5. The third kappa shape index (κ3) is 5.86. The van der Waals surface area contributed by atoms with Gasteiger partial charge in [-0.15, -0.1) is 0 Å². The van der Waals surface area contributed by atoms with Gasteiger partial charge < -0.3 is 29.3 Å². The molecule has 2 N–H and O–H groups in total. The number of aromatic nitrogens is 1. The van der Waals surface area contributed by atoms with Gasteiger partial charge in [-0.3, -0.25) is 14.5 Å². The van der Waals surface area contributed by atoms with E-state index < -0.39 is 17.4 Å². The van der Waals surface area contributed by atoms with E-state index in [1.54, 1.807) is 24.4 Å². The first-order valence-corrected chi connectivity index (χ1v) is 12.1. The highest BCUT2D eigenvalue weighted by molar-refractivity contribution is 6.40. The maximum atomic E-state index is 13.0. The lowest BCUT2D eigenvalue weighted by molar-refractivity contribution is -0.136. The summed E-state index contributed by atoms with van der Waals surface area (Å²) in [6.07, 6.45) is 3.32. The van der Waals surface area contributed by atoms with Gasteiger partial charge in [0.1, 0.15) is 11.5 Å². The molecule has 0 atom stereocenters. The smallest absolute Gasteiger partial charge is 0.316 e. The fourth-order valence-electron chi connectivity index (χ4n) is 4.39. The molecule has 2 heterocycles. The van der Waals surface area contributed by atoms with Crippen molar-refractivity contribution in [3.8, 4) is 22.8 Å². The lowest BCUT2D eigenvalue weighted by Crippen LogP contribution is -2.53. The molecule has 196 valence electrons. The number of primary amides is 1. The van der Waals surface area contributed by atoms with Crippen molar-refractivity contribution in [2.75, 3.05) is 49.8 Å². The van der Waals surface area contributed by atoms with Crippen molar-refractivity contribution in [2.24, 2.45) is 5.73 Å². The monoisotopic (exact) mass is 508 g/mol. The SMILES string of the molecule is COc1cc(N(C(=O)C(N)=O)C(C)(C)CCOc2ccccc2N2CCOCC2)ccc1-c1cnco1. The molecule has 10 nitrogen and oxygen atoms in total. The van der Waals surface area contributed by atoms with Crippen molar-refractivity contribution in [2.45, 2.75) is 25.8 Å². The summed E-state index contributed by atoms with van der Waals surface area (Å²) in [5.41, 5.74) is 6.74. The maximum absolute atomic E-state index is 13.0. The van der Waals surface area contributed by atoms with E-state index in [4.69, 9.17) is 24.4 Å². The van der Waals surface area contributed by atoms with Gasteiger partial charge in [-0.1, -0.05) is 12.1 Å². The van der Waals surface area contributed by atoms with Crippen molar-refractivity contribution in [1.82, 2.24) is 4.98 Å². The summed E-state index contributed by atoms with van der Waals surface area (Å²) in [5.74, 6) is -0.144. The molecule has 1 saturated heterocycles. The first-order valence-electron chi connectivity index (χ1n) is 12.1. The molecule has 4 rings (SSSR count). The molecule has 1 aliphatic heterocycles. The topological polar surface area (TPSA) is 120 Å². The number of anilines is 2. The average molecular weight is 509 g/mol. The summed E-state index contributed by atoms with van der Waals surface area (Å²) in [6, 6.07) is 13.0. The van der Waals surface area contributed by atoms with Gasteiger partial charge in [0.05, 0.1) is 44.4 Å². The first-order chi connectivity index (χ1) is 17.8. The van der Waals surface area contributed by atoms with E-state index in [-0.39, 0.29) is 0 Å². The van der Waals surface area contributed by atoms with E-state index in [0.717, 1.165) is 24.5 Å². The molecular weight excluding hydrogens is 476 g/mol. The van der Waals surface area contributed by atoms with Crippen molar-refractivity contribution in [1.29, 1.82) is 0 Å². The van der Waals surface area contributed by atoms with Crippen molar-refractivity contribution < 1.29 is 28.2 Å². The summed E-state index contributed by atoms with van der Waals surface area (Å²) in [6.45, 7) is 6.96. The Morgan fingerprint density at radius 3 is 2.57 bits per heavy atom. The number of ether oxygens (including phenoxy) is 3. The van der Waals surface area contributed by atoms with Gasteiger partial charge in [-0.05, 0) is 38.1 Å². The van der Waals surface area contributed by atoms with Crippen LogP contribution in [0, 0.1) is 0 Å². The van der Waals surface area contributed by atoms with Crippen LogP contribution in [0.1, 0.15) is 20.3 Å². The Hall–Kier alpha value is -4.05. The number of hydrogen-bond donors (Lipinski definition) is 1. The quantitative estimate of drug-likeness (QED) is 0.438. The number of para-hydroxylation sites is 2. The Morgan fingerprint density at radius 1 is 1.14 bits per heavy atom. The number of rotatable bonds is 9. The highest BCUT2D eigenvalue weighted by Gasteiger charge is 2.35. The Bertz CT molecular complexity index is 1220. The standard InChI is InChI=1S/C27H32N4O6/c1-27(2,10-13-36-22-7-5-4-6-21(22)30-11-14-35-15-12-30)31(26(33)25(28)32)19-8-9-20(23(16-19)34-3)24-17-29-18-37-24/h4-9,16-18H,10-15H2,1-3H3,(H2,28,32). The van der Waals surface area contributed by atoms with Gasteiger partial charge in [-0.25, -0.2) is 4.98 Å². The van der Waals surface area contributed by atoms with Crippen LogP contribution >= 0.6 is 0 Å². The number of oxazole rings is 1. The minimum Gasteiger partial charge on any atom is -0.496 e. The molecule has 2 amide bonds. The van der Waals surface area contributed by atoms with Crippen LogP contribution in [0.2, 0.25) is 0 Å². The van der Waals surface area contributed by atoms with E-state index in [1.807, 2.05) is 38.1 Å². The van der Waals surface area contributed by atoms with Crippen LogP contribution in [0.15, 0.2) is 59.5 Å². The Kier molecular flexibility index (Phi) is 7.98.